The lowest BCUT2D eigenvalue weighted by atomic mass is 10.3. The van der Waals surface area contributed by atoms with E-state index in [1.54, 1.807) is 12.3 Å². The Morgan fingerprint density at radius 2 is 2.33 bits per heavy atom. The third-order valence-corrected chi connectivity index (χ3v) is 2.88. The lowest BCUT2D eigenvalue weighted by Crippen LogP contribution is -2.14. The predicted octanol–water partition coefficient (Wildman–Crippen LogP) is 2.61. The molecule has 0 saturated carbocycles. The number of hydrogen-bond donors (Lipinski definition) is 2. The van der Waals surface area contributed by atoms with Crippen LogP contribution in [0.3, 0.4) is 0 Å². The molecule has 2 N–H and O–H groups in total. The quantitative estimate of drug-likeness (QED) is 0.869. The number of hydrogen-bond acceptors (Lipinski definition) is 5. The van der Waals surface area contributed by atoms with Crippen LogP contribution in [0.2, 0.25) is 0 Å². The standard InChI is InChI=1S/C12H14N4OS/c1-2-6-13-10-5-3-4-9(15-10)11(17)16-12-14-7-8-18-12/h3-5,7-8H,2,6H2,1H3,(H,13,15)(H,14,16,17). The summed E-state index contributed by atoms with van der Waals surface area (Å²) in [5, 5.41) is 8.23. The smallest absolute Gasteiger partial charge is 0.276 e. The topological polar surface area (TPSA) is 66.9 Å². The molecule has 0 aliphatic rings. The van der Waals surface area contributed by atoms with Crippen LogP contribution in [0.25, 0.3) is 0 Å². The number of rotatable bonds is 5. The molecule has 0 unspecified atom stereocenters. The molecule has 94 valence electrons. The summed E-state index contributed by atoms with van der Waals surface area (Å²) >= 11 is 1.38. The summed E-state index contributed by atoms with van der Waals surface area (Å²) in [6, 6.07) is 5.33. The van der Waals surface area contributed by atoms with Gasteiger partial charge in [-0.05, 0) is 18.6 Å². The van der Waals surface area contributed by atoms with Gasteiger partial charge in [-0.2, -0.15) is 0 Å². The molecule has 0 bridgehead atoms. The van der Waals surface area contributed by atoms with Crippen LogP contribution in [0.15, 0.2) is 29.8 Å². The first kappa shape index (κ1) is 12.5. The Kier molecular flexibility index (Phi) is 4.25. The summed E-state index contributed by atoms with van der Waals surface area (Å²) in [4.78, 5) is 20.1. The van der Waals surface area contributed by atoms with Gasteiger partial charge in [0.15, 0.2) is 5.13 Å². The Hall–Kier alpha value is -1.95. The third kappa shape index (κ3) is 3.27. The van der Waals surface area contributed by atoms with Gasteiger partial charge in [0.05, 0.1) is 0 Å². The van der Waals surface area contributed by atoms with Crippen molar-refractivity contribution in [3.63, 3.8) is 0 Å². The summed E-state index contributed by atoms with van der Waals surface area (Å²) in [6.45, 7) is 2.91. The van der Waals surface area contributed by atoms with Gasteiger partial charge in [0.25, 0.3) is 5.91 Å². The summed E-state index contributed by atoms with van der Waals surface area (Å²) in [5.41, 5.74) is 0.381. The van der Waals surface area contributed by atoms with Crippen molar-refractivity contribution in [1.29, 1.82) is 0 Å². The second-order valence-electron chi connectivity index (χ2n) is 3.63. The molecule has 2 heterocycles. The number of anilines is 2. The van der Waals surface area contributed by atoms with Gasteiger partial charge in [0.2, 0.25) is 0 Å². The lowest BCUT2D eigenvalue weighted by molar-refractivity contribution is 0.102. The summed E-state index contributed by atoms with van der Waals surface area (Å²) < 4.78 is 0. The fraction of sp³-hybridized carbons (Fsp3) is 0.250. The van der Waals surface area contributed by atoms with Gasteiger partial charge in [-0.3, -0.25) is 10.1 Å². The number of nitrogens with zero attached hydrogens (tertiary/aromatic N) is 2. The minimum atomic E-state index is -0.245. The number of aromatic nitrogens is 2. The van der Waals surface area contributed by atoms with E-state index in [1.165, 1.54) is 11.3 Å². The Morgan fingerprint density at radius 3 is 3.06 bits per heavy atom. The predicted molar refractivity (Wildman–Crippen MR) is 73.1 cm³/mol. The first-order chi connectivity index (χ1) is 8.79. The summed E-state index contributed by atoms with van der Waals surface area (Å²) in [6.07, 6.45) is 2.66. The Morgan fingerprint density at radius 1 is 1.44 bits per heavy atom. The van der Waals surface area contributed by atoms with Crippen molar-refractivity contribution in [1.82, 2.24) is 9.97 Å². The Labute approximate surface area is 109 Å². The van der Waals surface area contributed by atoms with E-state index in [4.69, 9.17) is 0 Å². The van der Waals surface area contributed by atoms with Crippen LogP contribution in [0.1, 0.15) is 23.8 Å². The van der Waals surface area contributed by atoms with Crippen molar-refractivity contribution in [2.45, 2.75) is 13.3 Å². The largest absolute Gasteiger partial charge is 0.370 e. The molecule has 0 radical (unpaired) electrons. The van der Waals surface area contributed by atoms with Crippen LogP contribution in [0, 0.1) is 0 Å². The van der Waals surface area contributed by atoms with Gasteiger partial charge in [0.1, 0.15) is 11.5 Å². The van der Waals surface area contributed by atoms with Crippen LogP contribution in [0.5, 0.6) is 0 Å². The fourth-order valence-corrected chi connectivity index (χ4v) is 1.88. The molecule has 0 spiro atoms. The second-order valence-corrected chi connectivity index (χ2v) is 4.52. The molecule has 0 aliphatic heterocycles. The van der Waals surface area contributed by atoms with Crippen molar-refractivity contribution in [2.24, 2.45) is 0 Å². The van der Waals surface area contributed by atoms with Gasteiger partial charge in [0, 0.05) is 18.1 Å². The van der Waals surface area contributed by atoms with E-state index in [0.717, 1.165) is 13.0 Å². The van der Waals surface area contributed by atoms with Crippen molar-refractivity contribution < 1.29 is 4.79 Å². The molecule has 2 rings (SSSR count). The van der Waals surface area contributed by atoms with Crippen molar-refractivity contribution in [3.05, 3.63) is 35.5 Å². The van der Waals surface area contributed by atoms with E-state index in [1.807, 2.05) is 17.5 Å². The van der Waals surface area contributed by atoms with Crippen LogP contribution >= 0.6 is 11.3 Å². The minimum Gasteiger partial charge on any atom is -0.370 e. The Bertz CT molecular complexity index is 513. The lowest BCUT2D eigenvalue weighted by Gasteiger charge is -2.05. The van der Waals surface area contributed by atoms with Crippen LogP contribution in [0.4, 0.5) is 10.9 Å². The molecular weight excluding hydrogens is 248 g/mol. The minimum absolute atomic E-state index is 0.245. The molecule has 0 atom stereocenters. The monoisotopic (exact) mass is 262 g/mol. The van der Waals surface area contributed by atoms with E-state index in [9.17, 15) is 4.79 Å². The van der Waals surface area contributed by atoms with E-state index in [-0.39, 0.29) is 5.91 Å². The molecule has 0 saturated heterocycles. The molecule has 2 aromatic rings. The van der Waals surface area contributed by atoms with E-state index in [2.05, 4.69) is 27.5 Å². The maximum absolute atomic E-state index is 11.9. The average molecular weight is 262 g/mol. The maximum Gasteiger partial charge on any atom is 0.276 e. The number of carbonyl (C=O) groups is 1. The SMILES string of the molecule is CCCNc1cccc(C(=O)Nc2nccs2)n1. The molecule has 0 aliphatic carbocycles. The molecule has 6 heteroatoms. The molecule has 18 heavy (non-hydrogen) atoms. The van der Waals surface area contributed by atoms with Crippen LogP contribution in [-0.2, 0) is 0 Å². The zero-order chi connectivity index (χ0) is 12.8. The van der Waals surface area contributed by atoms with Gasteiger partial charge in [-0.15, -0.1) is 11.3 Å². The van der Waals surface area contributed by atoms with Gasteiger partial charge >= 0.3 is 0 Å². The molecule has 1 amide bonds. The Balaban J connectivity index is 2.05. The highest BCUT2D eigenvalue weighted by Crippen LogP contribution is 2.12. The van der Waals surface area contributed by atoms with E-state index >= 15 is 0 Å². The van der Waals surface area contributed by atoms with Crippen LogP contribution in [-0.4, -0.2) is 22.4 Å². The first-order valence-electron chi connectivity index (χ1n) is 5.71. The highest BCUT2D eigenvalue weighted by Gasteiger charge is 2.09. The highest BCUT2D eigenvalue weighted by atomic mass is 32.1. The number of pyridine rings is 1. The molecule has 0 aromatic carbocycles. The normalized spacial score (nSPS) is 10.1. The zero-order valence-corrected chi connectivity index (χ0v) is 10.8. The van der Waals surface area contributed by atoms with Crippen LogP contribution < -0.4 is 10.6 Å². The van der Waals surface area contributed by atoms with Gasteiger partial charge in [-0.25, -0.2) is 9.97 Å². The molecule has 2 aromatic heterocycles. The summed E-state index contributed by atoms with van der Waals surface area (Å²) in [7, 11) is 0. The average Bonchev–Trinajstić information content (AvgIpc) is 2.89. The molecule has 0 fully saturated rings. The first-order valence-corrected chi connectivity index (χ1v) is 6.59. The van der Waals surface area contributed by atoms with E-state index < -0.39 is 0 Å². The number of carbonyl (C=O) groups excluding carboxylic acids is 1. The number of thiazole rings is 1. The number of nitrogens with one attached hydrogen (secondary N) is 2. The fourth-order valence-electron chi connectivity index (χ4n) is 1.36. The summed E-state index contributed by atoms with van der Waals surface area (Å²) in [5.74, 6) is 0.466. The van der Waals surface area contributed by atoms with Gasteiger partial charge < -0.3 is 5.32 Å². The zero-order valence-electron chi connectivity index (χ0n) is 10.0. The highest BCUT2D eigenvalue weighted by molar-refractivity contribution is 7.13. The third-order valence-electron chi connectivity index (χ3n) is 2.19. The molecule has 5 nitrogen and oxygen atoms in total. The van der Waals surface area contributed by atoms with Gasteiger partial charge in [-0.1, -0.05) is 13.0 Å². The second kappa shape index (κ2) is 6.11. The van der Waals surface area contributed by atoms with Crippen molar-refractivity contribution in [2.75, 3.05) is 17.2 Å². The van der Waals surface area contributed by atoms with E-state index in [0.29, 0.717) is 16.6 Å². The van der Waals surface area contributed by atoms with Crippen molar-refractivity contribution in [3.8, 4) is 0 Å². The maximum atomic E-state index is 11.9. The van der Waals surface area contributed by atoms with Crippen molar-refractivity contribution >= 4 is 28.2 Å². The number of amides is 1. The molecular formula is C12H14N4OS.